The largest absolute Gasteiger partial charge is 0.398 e. The highest BCUT2D eigenvalue weighted by Gasteiger charge is 2.27. The van der Waals surface area contributed by atoms with Gasteiger partial charge in [-0.1, -0.05) is 28.1 Å². The predicted octanol–water partition coefficient (Wildman–Crippen LogP) is 3.16. The van der Waals surface area contributed by atoms with E-state index in [-0.39, 0.29) is 23.7 Å². The van der Waals surface area contributed by atoms with Crippen LogP contribution in [0.1, 0.15) is 0 Å². The number of nitrogen functional groups attached to an aromatic ring is 1. The summed E-state index contributed by atoms with van der Waals surface area (Å²) in [6, 6.07) is 3.20. The van der Waals surface area contributed by atoms with Gasteiger partial charge < -0.3 is 5.73 Å². The van der Waals surface area contributed by atoms with Gasteiger partial charge >= 0.3 is 0 Å². The Labute approximate surface area is 130 Å². The van der Waals surface area contributed by atoms with Gasteiger partial charge in [-0.25, -0.2) is 8.42 Å². The van der Waals surface area contributed by atoms with E-state index in [2.05, 4.69) is 45.0 Å². The number of rotatable bonds is 6. The van der Waals surface area contributed by atoms with E-state index in [0.717, 1.165) is 0 Å². The van der Waals surface area contributed by atoms with Gasteiger partial charge in [0.15, 0.2) is 0 Å². The van der Waals surface area contributed by atoms with Crippen LogP contribution in [0, 0.1) is 0 Å². The van der Waals surface area contributed by atoms with Gasteiger partial charge in [-0.15, -0.1) is 13.2 Å². The normalized spacial score (nSPS) is 11.5. The van der Waals surface area contributed by atoms with Crippen molar-refractivity contribution in [2.24, 2.45) is 0 Å². The van der Waals surface area contributed by atoms with Crippen LogP contribution in [0.4, 0.5) is 5.69 Å². The summed E-state index contributed by atoms with van der Waals surface area (Å²) in [7, 11) is -3.71. The average Bonchev–Trinajstić information content (AvgIpc) is 2.26. The summed E-state index contributed by atoms with van der Waals surface area (Å²) >= 11 is 6.50. The molecule has 0 spiro atoms. The molecule has 0 aromatic heterocycles. The van der Waals surface area contributed by atoms with Gasteiger partial charge in [-0.2, -0.15) is 4.31 Å². The summed E-state index contributed by atoms with van der Waals surface area (Å²) in [5.41, 5.74) is 6.00. The molecule has 7 heteroatoms. The van der Waals surface area contributed by atoms with Crippen LogP contribution >= 0.6 is 31.9 Å². The minimum Gasteiger partial charge on any atom is -0.398 e. The van der Waals surface area contributed by atoms with Gasteiger partial charge in [-0.3, -0.25) is 0 Å². The third kappa shape index (κ3) is 3.68. The van der Waals surface area contributed by atoms with Gasteiger partial charge in [0.2, 0.25) is 10.0 Å². The molecule has 0 amide bonds. The fourth-order valence-corrected chi connectivity index (χ4v) is 4.94. The van der Waals surface area contributed by atoms with Crippen LogP contribution in [0.2, 0.25) is 0 Å². The number of hydrogen-bond acceptors (Lipinski definition) is 3. The molecule has 1 rings (SSSR count). The fourth-order valence-electron chi connectivity index (χ4n) is 1.54. The Bertz CT molecular complexity index is 567. The van der Waals surface area contributed by atoms with Gasteiger partial charge in [0, 0.05) is 22.0 Å². The first kappa shape index (κ1) is 16.4. The van der Waals surface area contributed by atoms with Crippen LogP contribution in [0.25, 0.3) is 0 Å². The lowest BCUT2D eigenvalue weighted by molar-refractivity contribution is 0.474. The van der Waals surface area contributed by atoms with Gasteiger partial charge in [0.25, 0.3) is 0 Å². The van der Waals surface area contributed by atoms with Crippen LogP contribution in [0.3, 0.4) is 0 Å². The lowest BCUT2D eigenvalue weighted by Crippen LogP contribution is -2.32. The number of anilines is 1. The summed E-state index contributed by atoms with van der Waals surface area (Å²) in [6.45, 7) is 7.50. The molecule has 0 aliphatic carbocycles. The second kappa shape index (κ2) is 6.69. The predicted molar refractivity (Wildman–Crippen MR) is 85.4 cm³/mol. The van der Waals surface area contributed by atoms with Crippen molar-refractivity contribution >= 4 is 47.6 Å². The van der Waals surface area contributed by atoms with E-state index in [0.29, 0.717) is 8.95 Å². The molecular weight excluding hydrogens is 396 g/mol. The molecule has 0 fully saturated rings. The molecule has 0 saturated heterocycles. The molecule has 0 unspecified atom stereocenters. The standard InChI is InChI=1S/C12H14Br2N2O2S/c1-3-5-16(6-4-2)19(17,18)12-10(14)7-9(13)8-11(12)15/h3-4,7-8H,1-2,5-6,15H2. The zero-order valence-electron chi connectivity index (χ0n) is 10.1. The Morgan fingerprint density at radius 3 is 2.16 bits per heavy atom. The molecule has 4 nitrogen and oxygen atoms in total. The lowest BCUT2D eigenvalue weighted by atomic mass is 10.3. The summed E-state index contributed by atoms with van der Waals surface area (Å²) in [4.78, 5) is 0.0550. The number of sulfonamides is 1. The first-order chi connectivity index (χ1) is 8.84. The van der Waals surface area contributed by atoms with E-state index in [1.54, 1.807) is 12.1 Å². The van der Waals surface area contributed by atoms with Crippen molar-refractivity contribution in [1.82, 2.24) is 4.31 Å². The molecule has 2 N–H and O–H groups in total. The maximum absolute atomic E-state index is 12.6. The summed E-state index contributed by atoms with van der Waals surface area (Å²) in [6.07, 6.45) is 3.04. The summed E-state index contributed by atoms with van der Waals surface area (Å²) < 4.78 is 27.5. The van der Waals surface area contributed by atoms with Gasteiger partial charge in [0.05, 0.1) is 5.69 Å². The minimum atomic E-state index is -3.71. The first-order valence-electron chi connectivity index (χ1n) is 5.31. The average molecular weight is 410 g/mol. The quantitative estimate of drug-likeness (QED) is 0.579. The van der Waals surface area contributed by atoms with E-state index < -0.39 is 10.0 Å². The van der Waals surface area contributed by atoms with Crippen molar-refractivity contribution in [1.29, 1.82) is 0 Å². The smallest absolute Gasteiger partial charge is 0.246 e. The molecule has 0 saturated carbocycles. The van der Waals surface area contributed by atoms with Crippen LogP contribution < -0.4 is 5.73 Å². The number of halogens is 2. The molecule has 104 valence electrons. The monoisotopic (exact) mass is 408 g/mol. The van der Waals surface area contributed by atoms with E-state index in [9.17, 15) is 8.42 Å². The van der Waals surface area contributed by atoms with Crippen molar-refractivity contribution in [3.8, 4) is 0 Å². The Morgan fingerprint density at radius 2 is 1.74 bits per heavy atom. The van der Waals surface area contributed by atoms with Gasteiger partial charge in [-0.05, 0) is 28.1 Å². The Balaban J connectivity index is 3.40. The molecule has 1 aromatic rings. The third-order valence-corrected chi connectivity index (χ3v) is 5.60. The molecule has 0 radical (unpaired) electrons. The molecule has 0 heterocycles. The highest BCUT2D eigenvalue weighted by atomic mass is 79.9. The molecule has 19 heavy (non-hydrogen) atoms. The molecule has 0 atom stereocenters. The topological polar surface area (TPSA) is 63.4 Å². The highest BCUT2D eigenvalue weighted by Crippen LogP contribution is 2.33. The van der Waals surface area contributed by atoms with E-state index in [1.807, 2.05) is 0 Å². The molecular formula is C12H14Br2N2O2S. The van der Waals surface area contributed by atoms with Crippen molar-refractivity contribution in [2.75, 3.05) is 18.8 Å². The number of nitrogens with two attached hydrogens (primary N) is 1. The number of nitrogens with zero attached hydrogens (tertiary/aromatic N) is 1. The second-order valence-electron chi connectivity index (χ2n) is 3.71. The fraction of sp³-hybridized carbons (Fsp3) is 0.167. The molecule has 0 bridgehead atoms. The molecule has 0 aliphatic rings. The Morgan fingerprint density at radius 1 is 1.21 bits per heavy atom. The first-order valence-corrected chi connectivity index (χ1v) is 8.33. The maximum Gasteiger partial charge on any atom is 0.246 e. The third-order valence-electron chi connectivity index (χ3n) is 2.30. The van der Waals surface area contributed by atoms with E-state index in [1.165, 1.54) is 16.5 Å². The van der Waals surface area contributed by atoms with Crippen LogP contribution in [-0.2, 0) is 10.0 Å². The molecule has 1 aromatic carbocycles. The van der Waals surface area contributed by atoms with Crippen LogP contribution in [-0.4, -0.2) is 25.8 Å². The second-order valence-corrected chi connectivity index (χ2v) is 7.35. The maximum atomic E-state index is 12.6. The number of benzene rings is 1. The van der Waals surface area contributed by atoms with E-state index in [4.69, 9.17) is 5.73 Å². The Kier molecular flexibility index (Phi) is 5.79. The van der Waals surface area contributed by atoms with Crippen molar-refractivity contribution < 1.29 is 8.42 Å². The minimum absolute atomic E-state index is 0.0550. The lowest BCUT2D eigenvalue weighted by Gasteiger charge is -2.21. The highest BCUT2D eigenvalue weighted by molar-refractivity contribution is 9.11. The summed E-state index contributed by atoms with van der Waals surface area (Å²) in [5.74, 6) is 0. The van der Waals surface area contributed by atoms with Crippen molar-refractivity contribution in [2.45, 2.75) is 4.90 Å². The van der Waals surface area contributed by atoms with Crippen LogP contribution in [0.15, 0.2) is 51.3 Å². The zero-order chi connectivity index (χ0) is 14.6. The SMILES string of the molecule is C=CCN(CC=C)S(=O)(=O)c1c(N)cc(Br)cc1Br. The van der Waals surface area contributed by atoms with Crippen molar-refractivity contribution in [3.05, 3.63) is 46.4 Å². The van der Waals surface area contributed by atoms with E-state index >= 15 is 0 Å². The zero-order valence-corrected chi connectivity index (χ0v) is 14.1. The molecule has 0 aliphatic heterocycles. The number of hydrogen-bond donors (Lipinski definition) is 1. The van der Waals surface area contributed by atoms with Crippen LogP contribution in [0.5, 0.6) is 0 Å². The van der Waals surface area contributed by atoms with Crippen molar-refractivity contribution in [3.63, 3.8) is 0 Å². The van der Waals surface area contributed by atoms with Gasteiger partial charge in [0.1, 0.15) is 4.90 Å². The Hall–Kier alpha value is -0.630. The summed E-state index contributed by atoms with van der Waals surface area (Å²) in [5, 5.41) is 0.